The number of hydrogen-bond donors (Lipinski definition) is 1. The van der Waals surface area contributed by atoms with Gasteiger partial charge in [0.25, 0.3) is 0 Å². The molecule has 0 saturated carbocycles. The summed E-state index contributed by atoms with van der Waals surface area (Å²) in [4.78, 5) is 11.3. The Labute approximate surface area is 94.8 Å². The van der Waals surface area contributed by atoms with Crippen LogP contribution in [0.3, 0.4) is 0 Å². The molecule has 4 nitrogen and oxygen atoms in total. The molecule has 4 heteroatoms. The number of carbonyl (C=O) groups is 1. The van der Waals surface area contributed by atoms with Crippen LogP contribution in [0.1, 0.15) is 30.3 Å². The lowest BCUT2D eigenvalue weighted by atomic mass is 9.99. The lowest BCUT2D eigenvalue weighted by molar-refractivity contribution is -0.150. The van der Waals surface area contributed by atoms with Crippen molar-refractivity contribution in [3.8, 4) is 0 Å². The van der Waals surface area contributed by atoms with Gasteiger partial charge in [-0.05, 0) is 18.1 Å². The quantitative estimate of drug-likeness (QED) is 0.789. The molecule has 0 amide bonds. The zero-order chi connectivity index (χ0) is 12.1. The van der Waals surface area contributed by atoms with Gasteiger partial charge < -0.3 is 14.6 Å². The molecule has 0 radical (unpaired) electrons. The molecule has 0 saturated heterocycles. The predicted molar refractivity (Wildman–Crippen MR) is 58.8 cm³/mol. The van der Waals surface area contributed by atoms with Gasteiger partial charge in [-0.25, -0.2) is 4.79 Å². The van der Waals surface area contributed by atoms with Gasteiger partial charge in [-0.15, -0.1) is 0 Å². The maximum atomic E-state index is 11.3. The minimum absolute atomic E-state index is 0.185. The van der Waals surface area contributed by atoms with Crippen LogP contribution in [0.4, 0.5) is 0 Å². The monoisotopic (exact) mass is 224 g/mol. The molecule has 0 aliphatic heterocycles. The number of esters is 1. The van der Waals surface area contributed by atoms with Crippen molar-refractivity contribution in [3.63, 3.8) is 0 Å². The normalized spacial score (nSPS) is 14.2. The highest BCUT2D eigenvalue weighted by Gasteiger charge is 2.22. The third-order valence-electron chi connectivity index (χ3n) is 2.51. The summed E-state index contributed by atoms with van der Waals surface area (Å²) in [5, 5.41) is 9.78. The van der Waals surface area contributed by atoms with E-state index in [1.54, 1.807) is 19.2 Å². The van der Waals surface area contributed by atoms with Crippen molar-refractivity contribution in [1.29, 1.82) is 0 Å². The molecule has 0 aliphatic carbocycles. The second-order valence-corrected chi connectivity index (χ2v) is 3.43. The topological polar surface area (TPSA) is 55.8 Å². The smallest absolute Gasteiger partial charge is 0.339 e. The number of ether oxygens (including phenoxy) is 2. The van der Waals surface area contributed by atoms with Gasteiger partial charge in [0.1, 0.15) is 0 Å². The Morgan fingerprint density at radius 1 is 1.25 bits per heavy atom. The molecular weight excluding hydrogens is 208 g/mol. The zero-order valence-electron chi connectivity index (χ0n) is 9.64. The molecule has 0 aliphatic rings. The Kier molecular flexibility index (Phi) is 4.46. The van der Waals surface area contributed by atoms with E-state index in [1.807, 2.05) is 19.1 Å². The van der Waals surface area contributed by atoms with E-state index in [0.29, 0.717) is 5.56 Å². The molecule has 0 fully saturated rings. The lowest BCUT2D eigenvalue weighted by Gasteiger charge is -2.17. The Bertz CT molecular complexity index is 362. The first-order valence-electron chi connectivity index (χ1n) is 4.99. The van der Waals surface area contributed by atoms with Crippen LogP contribution in [-0.2, 0) is 14.3 Å². The van der Waals surface area contributed by atoms with Crippen LogP contribution >= 0.6 is 0 Å². The molecule has 0 bridgehead atoms. The van der Waals surface area contributed by atoms with Crippen LogP contribution in [0, 0.1) is 0 Å². The minimum Gasteiger partial charge on any atom is -0.467 e. The maximum absolute atomic E-state index is 11.3. The Balaban J connectivity index is 3.07. The van der Waals surface area contributed by atoms with Crippen molar-refractivity contribution in [2.24, 2.45) is 0 Å². The van der Waals surface area contributed by atoms with Crippen molar-refractivity contribution in [2.45, 2.75) is 19.1 Å². The molecule has 0 heterocycles. The summed E-state index contributed by atoms with van der Waals surface area (Å²) < 4.78 is 9.68. The highest BCUT2D eigenvalue weighted by Crippen LogP contribution is 2.26. The summed E-state index contributed by atoms with van der Waals surface area (Å²) in [7, 11) is 2.82. The third-order valence-corrected chi connectivity index (χ3v) is 2.51. The second kappa shape index (κ2) is 5.63. The van der Waals surface area contributed by atoms with Gasteiger partial charge in [0, 0.05) is 7.11 Å². The first kappa shape index (κ1) is 12.7. The largest absolute Gasteiger partial charge is 0.467 e. The number of hydrogen-bond acceptors (Lipinski definition) is 4. The molecule has 0 spiro atoms. The van der Waals surface area contributed by atoms with Crippen molar-refractivity contribution < 1.29 is 19.4 Å². The van der Waals surface area contributed by atoms with Crippen LogP contribution < -0.4 is 0 Å². The summed E-state index contributed by atoms with van der Waals surface area (Å²) >= 11 is 0. The van der Waals surface area contributed by atoms with Crippen LogP contribution in [0.2, 0.25) is 0 Å². The van der Waals surface area contributed by atoms with E-state index < -0.39 is 12.1 Å². The van der Waals surface area contributed by atoms with Gasteiger partial charge >= 0.3 is 5.97 Å². The van der Waals surface area contributed by atoms with Crippen molar-refractivity contribution in [1.82, 2.24) is 0 Å². The van der Waals surface area contributed by atoms with E-state index >= 15 is 0 Å². The van der Waals surface area contributed by atoms with E-state index in [0.717, 1.165) is 5.56 Å². The molecular formula is C12H16O4. The highest BCUT2D eigenvalue weighted by molar-refractivity contribution is 5.76. The fourth-order valence-corrected chi connectivity index (χ4v) is 1.50. The molecule has 88 valence electrons. The summed E-state index contributed by atoms with van der Waals surface area (Å²) in [5.41, 5.74) is 1.30. The third kappa shape index (κ3) is 2.59. The molecule has 16 heavy (non-hydrogen) atoms. The maximum Gasteiger partial charge on any atom is 0.339 e. The summed E-state index contributed by atoms with van der Waals surface area (Å²) in [5.74, 6) is -0.671. The molecule has 2 unspecified atom stereocenters. The van der Waals surface area contributed by atoms with Crippen molar-refractivity contribution >= 4 is 5.97 Å². The SMILES string of the molecule is COC(=O)C(O)c1ccccc1C(C)OC. The molecule has 1 rings (SSSR count). The van der Waals surface area contributed by atoms with Gasteiger partial charge in [-0.3, -0.25) is 0 Å². The average Bonchev–Trinajstić information content (AvgIpc) is 2.35. The summed E-state index contributed by atoms with van der Waals surface area (Å²) in [6, 6.07) is 7.09. The number of aliphatic hydroxyl groups is 1. The fraction of sp³-hybridized carbons (Fsp3) is 0.417. The predicted octanol–water partition coefficient (Wildman–Crippen LogP) is 1.60. The van der Waals surface area contributed by atoms with Crippen molar-refractivity contribution in [3.05, 3.63) is 35.4 Å². The summed E-state index contributed by atoms with van der Waals surface area (Å²) in [6.07, 6.45) is -1.45. The van der Waals surface area contributed by atoms with Crippen molar-refractivity contribution in [2.75, 3.05) is 14.2 Å². The molecule has 1 aromatic carbocycles. The van der Waals surface area contributed by atoms with Crippen LogP contribution in [0.5, 0.6) is 0 Å². The molecule has 0 aromatic heterocycles. The first-order chi connectivity index (χ1) is 7.61. The Morgan fingerprint density at radius 3 is 2.31 bits per heavy atom. The molecule has 1 N–H and O–H groups in total. The number of methoxy groups -OCH3 is 2. The lowest BCUT2D eigenvalue weighted by Crippen LogP contribution is -2.16. The number of carbonyl (C=O) groups excluding carboxylic acids is 1. The first-order valence-corrected chi connectivity index (χ1v) is 4.99. The van der Waals surface area contributed by atoms with E-state index in [1.165, 1.54) is 7.11 Å². The molecule has 2 atom stereocenters. The highest BCUT2D eigenvalue weighted by atomic mass is 16.5. The Hall–Kier alpha value is -1.39. The average molecular weight is 224 g/mol. The van der Waals surface area contributed by atoms with Crippen LogP contribution in [0.15, 0.2) is 24.3 Å². The van der Waals surface area contributed by atoms with Gasteiger partial charge in [0.15, 0.2) is 6.10 Å². The van der Waals surface area contributed by atoms with E-state index in [-0.39, 0.29) is 6.10 Å². The standard InChI is InChI=1S/C12H16O4/c1-8(15-2)9-6-4-5-7-10(9)11(13)12(14)16-3/h4-8,11,13H,1-3H3. The zero-order valence-corrected chi connectivity index (χ0v) is 9.64. The van der Waals surface area contributed by atoms with Gasteiger partial charge in [-0.2, -0.15) is 0 Å². The number of benzene rings is 1. The second-order valence-electron chi connectivity index (χ2n) is 3.43. The van der Waals surface area contributed by atoms with E-state index in [2.05, 4.69) is 4.74 Å². The minimum atomic E-state index is -1.27. The number of rotatable bonds is 4. The number of aliphatic hydroxyl groups excluding tert-OH is 1. The Morgan fingerprint density at radius 2 is 1.81 bits per heavy atom. The van der Waals surface area contributed by atoms with Crippen LogP contribution in [-0.4, -0.2) is 25.3 Å². The fourth-order valence-electron chi connectivity index (χ4n) is 1.50. The van der Waals surface area contributed by atoms with Gasteiger partial charge in [0.2, 0.25) is 0 Å². The van der Waals surface area contributed by atoms with Gasteiger partial charge in [0.05, 0.1) is 13.2 Å². The molecule has 1 aromatic rings. The van der Waals surface area contributed by atoms with Gasteiger partial charge in [-0.1, -0.05) is 24.3 Å². The van der Waals surface area contributed by atoms with E-state index in [9.17, 15) is 9.90 Å². The van der Waals surface area contributed by atoms with E-state index in [4.69, 9.17) is 4.74 Å². The summed E-state index contributed by atoms with van der Waals surface area (Å²) in [6.45, 7) is 1.85. The van der Waals surface area contributed by atoms with Crippen LogP contribution in [0.25, 0.3) is 0 Å².